The minimum Gasteiger partial charge on any atom is -0.494 e. The number of carbonyl (C=O) groups excluding carboxylic acids is 1. The van der Waals surface area contributed by atoms with Crippen molar-refractivity contribution in [1.29, 1.82) is 0 Å². The first-order valence-corrected chi connectivity index (χ1v) is 6.95. The number of ether oxygens (including phenoxy) is 1. The molecule has 1 aromatic rings. The Hall–Kier alpha value is -1.26. The van der Waals surface area contributed by atoms with Crippen molar-refractivity contribution in [2.45, 2.75) is 39.0 Å². The van der Waals surface area contributed by atoms with E-state index in [1.54, 1.807) is 0 Å². The van der Waals surface area contributed by atoms with E-state index in [0.717, 1.165) is 42.0 Å². The summed E-state index contributed by atoms with van der Waals surface area (Å²) in [5.74, 6) is 5.72. The standard InChI is InChI=1S/C14H21ClN2O2/c1-2-11-10-12(7-8-13(11)15)19-9-5-3-4-6-14(18)17-16/h7-8,10H,2-6,9,16H2,1H3,(H,17,18). The number of carbonyl (C=O) groups is 1. The molecule has 4 nitrogen and oxygen atoms in total. The highest BCUT2D eigenvalue weighted by atomic mass is 35.5. The molecule has 106 valence electrons. The van der Waals surface area contributed by atoms with Crippen LogP contribution in [0.1, 0.15) is 38.2 Å². The average Bonchev–Trinajstić information content (AvgIpc) is 2.43. The number of hydrogen-bond acceptors (Lipinski definition) is 3. The van der Waals surface area contributed by atoms with Gasteiger partial charge in [0.05, 0.1) is 6.61 Å². The van der Waals surface area contributed by atoms with Gasteiger partial charge < -0.3 is 4.74 Å². The Bertz CT molecular complexity index is 410. The highest BCUT2D eigenvalue weighted by Crippen LogP contribution is 2.22. The third-order valence-corrected chi connectivity index (χ3v) is 3.24. The van der Waals surface area contributed by atoms with Gasteiger partial charge in [-0.25, -0.2) is 5.84 Å². The number of unbranched alkanes of at least 4 members (excludes halogenated alkanes) is 2. The minimum atomic E-state index is -0.119. The lowest BCUT2D eigenvalue weighted by molar-refractivity contribution is -0.121. The van der Waals surface area contributed by atoms with Crippen LogP contribution in [0.3, 0.4) is 0 Å². The summed E-state index contributed by atoms with van der Waals surface area (Å²) in [5, 5.41) is 0.780. The summed E-state index contributed by atoms with van der Waals surface area (Å²) in [6.07, 6.45) is 4.05. The monoisotopic (exact) mass is 284 g/mol. The van der Waals surface area contributed by atoms with E-state index in [9.17, 15) is 4.79 Å². The van der Waals surface area contributed by atoms with Crippen molar-refractivity contribution in [2.75, 3.05) is 6.61 Å². The lowest BCUT2D eigenvalue weighted by Gasteiger charge is -2.08. The van der Waals surface area contributed by atoms with Gasteiger partial charge in [-0.05, 0) is 49.4 Å². The molecule has 5 heteroatoms. The number of nitrogens with one attached hydrogen (secondary N) is 1. The maximum absolute atomic E-state index is 10.9. The highest BCUT2D eigenvalue weighted by Gasteiger charge is 2.01. The largest absolute Gasteiger partial charge is 0.494 e. The minimum absolute atomic E-state index is 0.119. The molecule has 0 unspecified atom stereocenters. The van der Waals surface area contributed by atoms with Crippen LogP contribution in [-0.4, -0.2) is 12.5 Å². The fourth-order valence-electron chi connectivity index (χ4n) is 1.74. The van der Waals surface area contributed by atoms with Crippen LogP contribution in [-0.2, 0) is 11.2 Å². The zero-order valence-corrected chi connectivity index (χ0v) is 12.0. The van der Waals surface area contributed by atoms with Crippen molar-refractivity contribution < 1.29 is 9.53 Å². The number of benzene rings is 1. The van der Waals surface area contributed by atoms with E-state index in [2.05, 4.69) is 12.3 Å². The van der Waals surface area contributed by atoms with Gasteiger partial charge in [0.2, 0.25) is 5.91 Å². The van der Waals surface area contributed by atoms with Crippen LogP contribution in [0.5, 0.6) is 5.75 Å². The van der Waals surface area contributed by atoms with Gasteiger partial charge in [0.1, 0.15) is 5.75 Å². The van der Waals surface area contributed by atoms with Crippen molar-refractivity contribution in [3.05, 3.63) is 28.8 Å². The third kappa shape index (κ3) is 5.94. The quantitative estimate of drug-likeness (QED) is 0.334. The van der Waals surface area contributed by atoms with Gasteiger partial charge >= 0.3 is 0 Å². The fourth-order valence-corrected chi connectivity index (χ4v) is 1.99. The van der Waals surface area contributed by atoms with Crippen LogP contribution in [0.15, 0.2) is 18.2 Å². The molecule has 0 atom stereocenters. The Kier molecular flexibility index (Phi) is 7.30. The molecule has 0 aliphatic carbocycles. The number of rotatable bonds is 8. The van der Waals surface area contributed by atoms with Crippen LogP contribution in [0.25, 0.3) is 0 Å². The highest BCUT2D eigenvalue weighted by molar-refractivity contribution is 6.31. The molecule has 0 aliphatic rings. The van der Waals surface area contributed by atoms with E-state index in [4.69, 9.17) is 22.2 Å². The second kappa shape index (κ2) is 8.77. The molecule has 0 aromatic heterocycles. The topological polar surface area (TPSA) is 64.3 Å². The number of nitrogens with two attached hydrogens (primary N) is 1. The summed E-state index contributed by atoms with van der Waals surface area (Å²) in [5.41, 5.74) is 3.21. The molecular weight excluding hydrogens is 264 g/mol. The average molecular weight is 285 g/mol. The third-order valence-electron chi connectivity index (χ3n) is 2.88. The lowest BCUT2D eigenvalue weighted by atomic mass is 10.1. The van der Waals surface area contributed by atoms with E-state index in [1.165, 1.54) is 0 Å². The van der Waals surface area contributed by atoms with E-state index in [1.807, 2.05) is 18.2 Å². The first-order chi connectivity index (χ1) is 9.17. The Morgan fingerprint density at radius 1 is 1.37 bits per heavy atom. The van der Waals surface area contributed by atoms with Gasteiger partial charge in [-0.3, -0.25) is 10.2 Å². The Balaban J connectivity index is 2.21. The van der Waals surface area contributed by atoms with Gasteiger partial charge in [0.15, 0.2) is 0 Å². The molecule has 0 saturated heterocycles. The van der Waals surface area contributed by atoms with E-state index in [0.29, 0.717) is 13.0 Å². The number of halogens is 1. The van der Waals surface area contributed by atoms with Crippen molar-refractivity contribution in [3.63, 3.8) is 0 Å². The summed E-state index contributed by atoms with van der Waals surface area (Å²) >= 11 is 6.04. The zero-order valence-electron chi connectivity index (χ0n) is 11.2. The molecule has 0 radical (unpaired) electrons. The predicted molar refractivity (Wildman–Crippen MR) is 77.1 cm³/mol. The molecule has 0 fully saturated rings. The molecule has 19 heavy (non-hydrogen) atoms. The second-order valence-electron chi connectivity index (χ2n) is 4.33. The molecule has 1 amide bonds. The number of hydrazine groups is 1. The molecule has 0 spiro atoms. The van der Waals surface area contributed by atoms with Crippen molar-refractivity contribution in [1.82, 2.24) is 5.43 Å². The first kappa shape index (κ1) is 15.8. The maximum Gasteiger partial charge on any atom is 0.233 e. The summed E-state index contributed by atoms with van der Waals surface area (Å²) in [6.45, 7) is 2.71. The summed E-state index contributed by atoms with van der Waals surface area (Å²) in [6, 6.07) is 5.72. The van der Waals surface area contributed by atoms with Crippen molar-refractivity contribution in [2.24, 2.45) is 5.84 Å². The normalized spacial score (nSPS) is 10.3. The Labute approximate surface area is 119 Å². The van der Waals surface area contributed by atoms with Crippen LogP contribution >= 0.6 is 11.6 Å². The second-order valence-corrected chi connectivity index (χ2v) is 4.74. The molecule has 0 saturated carbocycles. The molecule has 1 aromatic carbocycles. The van der Waals surface area contributed by atoms with Crippen LogP contribution in [0.4, 0.5) is 0 Å². The maximum atomic E-state index is 10.9. The smallest absolute Gasteiger partial charge is 0.233 e. The van der Waals surface area contributed by atoms with Crippen LogP contribution in [0.2, 0.25) is 5.02 Å². The van der Waals surface area contributed by atoms with Gasteiger partial charge in [-0.2, -0.15) is 0 Å². The van der Waals surface area contributed by atoms with Crippen molar-refractivity contribution >= 4 is 17.5 Å². The van der Waals surface area contributed by atoms with Crippen LogP contribution < -0.4 is 16.0 Å². The lowest BCUT2D eigenvalue weighted by Crippen LogP contribution is -2.29. The molecule has 0 aliphatic heterocycles. The number of hydrogen-bond donors (Lipinski definition) is 2. The van der Waals surface area contributed by atoms with Gasteiger partial charge in [0.25, 0.3) is 0 Å². The number of aryl methyl sites for hydroxylation is 1. The summed E-state index contributed by atoms with van der Waals surface area (Å²) in [4.78, 5) is 10.9. The molecule has 0 bridgehead atoms. The molecule has 1 rings (SSSR count). The molecule has 0 heterocycles. The van der Waals surface area contributed by atoms with E-state index < -0.39 is 0 Å². The van der Waals surface area contributed by atoms with E-state index >= 15 is 0 Å². The van der Waals surface area contributed by atoms with Crippen molar-refractivity contribution in [3.8, 4) is 5.75 Å². The summed E-state index contributed by atoms with van der Waals surface area (Å²) < 4.78 is 5.65. The van der Waals surface area contributed by atoms with Gasteiger partial charge in [0, 0.05) is 11.4 Å². The van der Waals surface area contributed by atoms with E-state index in [-0.39, 0.29) is 5.91 Å². The van der Waals surface area contributed by atoms with Gasteiger partial charge in [-0.15, -0.1) is 0 Å². The van der Waals surface area contributed by atoms with Crippen LogP contribution in [0, 0.1) is 0 Å². The Morgan fingerprint density at radius 2 is 2.16 bits per heavy atom. The van der Waals surface area contributed by atoms with Gasteiger partial charge in [-0.1, -0.05) is 18.5 Å². The Morgan fingerprint density at radius 3 is 2.84 bits per heavy atom. The zero-order chi connectivity index (χ0) is 14.1. The molecule has 3 N–H and O–H groups in total. The number of amides is 1. The fraction of sp³-hybridized carbons (Fsp3) is 0.500. The predicted octanol–water partition coefficient (Wildman–Crippen LogP) is 2.83. The first-order valence-electron chi connectivity index (χ1n) is 6.58. The molecular formula is C14H21ClN2O2. The summed E-state index contributed by atoms with van der Waals surface area (Å²) in [7, 11) is 0. The SMILES string of the molecule is CCc1cc(OCCCCCC(=O)NN)ccc1Cl.